The molecule has 2 N–H and O–H groups in total. The maximum absolute atomic E-state index is 11.7. The van der Waals surface area contributed by atoms with Crippen molar-refractivity contribution < 1.29 is 19.7 Å². The molecule has 5 heteroatoms. The Balaban J connectivity index is 2.01. The average molecular weight is 279 g/mol. The van der Waals surface area contributed by atoms with Gasteiger partial charge in [-0.2, -0.15) is 0 Å². The number of ether oxygens (including phenoxy) is 1. The van der Waals surface area contributed by atoms with Gasteiger partial charge in [0.15, 0.2) is 11.5 Å². The first-order chi connectivity index (χ1) is 9.06. The molecule has 0 saturated carbocycles. The molecular formula is C14H11ClO4. The van der Waals surface area contributed by atoms with Crippen LogP contribution in [0.15, 0.2) is 42.5 Å². The van der Waals surface area contributed by atoms with Crippen molar-refractivity contribution in [1.82, 2.24) is 0 Å². The van der Waals surface area contributed by atoms with Crippen LogP contribution in [-0.4, -0.2) is 16.2 Å². The van der Waals surface area contributed by atoms with E-state index in [0.717, 1.165) is 11.6 Å². The highest BCUT2D eigenvalue weighted by Gasteiger charge is 2.10. The molecule has 0 aliphatic carbocycles. The highest BCUT2D eigenvalue weighted by molar-refractivity contribution is 6.30. The number of carbonyl (C=O) groups excluding carboxylic acids is 1. The van der Waals surface area contributed by atoms with E-state index in [1.165, 1.54) is 12.1 Å². The molecule has 0 saturated heterocycles. The summed E-state index contributed by atoms with van der Waals surface area (Å²) in [6, 6.07) is 10.7. The Morgan fingerprint density at radius 3 is 2.37 bits per heavy atom. The van der Waals surface area contributed by atoms with Gasteiger partial charge in [0.25, 0.3) is 0 Å². The summed E-state index contributed by atoms with van der Waals surface area (Å²) in [4.78, 5) is 11.7. The van der Waals surface area contributed by atoms with Crippen molar-refractivity contribution in [3.8, 4) is 11.5 Å². The molecule has 19 heavy (non-hydrogen) atoms. The van der Waals surface area contributed by atoms with E-state index in [1.807, 2.05) is 0 Å². The smallest absolute Gasteiger partial charge is 0.338 e. The van der Waals surface area contributed by atoms with E-state index < -0.39 is 5.97 Å². The minimum absolute atomic E-state index is 0.109. The van der Waals surface area contributed by atoms with E-state index in [2.05, 4.69) is 0 Å². The number of aromatic hydroxyl groups is 2. The molecule has 0 aliphatic heterocycles. The lowest BCUT2D eigenvalue weighted by molar-refractivity contribution is 0.0472. The van der Waals surface area contributed by atoms with Crippen molar-refractivity contribution in [3.63, 3.8) is 0 Å². The molecule has 0 unspecified atom stereocenters. The van der Waals surface area contributed by atoms with Gasteiger partial charge in [0.05, 0.1) is 5.56 Å². The van der Waals surface area contributed by atoms with Crippen LogP contribution in [0.25, 0.3) is 0 Å². The van der Waals surface area contributed by atoms with Crippen molar-refractivity contribution in [1.29, 1.82) is 0 Å². The van der Waals surface area contributed by atoms with Gasteiger partial charge in [-0.3, -0.25) is 0 Å². The zero-order valence-corrected chi connectivity index (χ0v) is 10.6. The number of hydrogen-bond acceptors (Lipinski definition) is 4. The Labute approximate surface area is 114 Å². The Morgan fingerprint density at radius 2 is 1.74 bits per heavy atom. The molecule has 0 atom stereocenters. The van der Waals surface area contributed by atoms with Crippen molar-refractivity contribution in [3.05, 3.63) is 58.6 Å². The second kappa shape index (κ2) is 5.63. The summed E-state index contributed by atoms with van der Waals surface area (Å²) in [7, 11) is 0. The molecule has 2 rings (SSSR count). The SMILES string of the molecule is O=C(OCc1ccc(Cl)cc1)c1ccc(O)c(O)c1. The van der Waals surface area contributed by atoms with Crippen molar-refractivity contribution in [2.45, 2.75) is 6.61 Å². The van der Waals surface area contributed by atoms with Crippen LogP contribution in [-0.2, 0) is 11.3 Å². The largest absolute Gasteiger partial charge is 0.504 e. The average Bonchev–Trinajstić information content (AvgIpc) is 2.41. The lowest BCUT2D eigenvalue weighted by Gasteiger charge is -2.06. The fourth-order valence-electron chi connectivity index (χ4n) is 1.46. The molecule has 98 valence electrons. The van der Waals surface area contributed by atoms with Gasteiger partial charge in [-0.05, 0) is 35.9 Å². The van der Waals surface area contributed by atoms with Gasteiger partial charge < -0.3 is 14.9 Å². The second-order valence-corrected chi connectivity index (χ2v) is 4.34. The first kappa shape index (κ1) is 13.2. The van der Waals surface area contributed by atoms with Crippen molar-refractivity contribution in [2.75, 3.05) is 0 Å². The number of hydrogen-bond donors (Lipinski definition) is 2. The predicted octanol–water partition coefficient (Wildman–Crippen LogP) is 3.11. The van der Waals surface area contributed by atoms with E-state index in [9.17, 15) is 9.90 Å². The Hall–Kier alpha value is -2.20. The molecule has 0 spiro atoms. The third kappa shape index (κ3) is 3.39. The highest BCUT2D eigenvalue weighted by atomic mass is 35.5. The molecule has 0 heterocycles. The lowest BCUT2D eigenvalue weighted by atomic mass is 10.2. The van der Waals surface area contributed by atoms with Crippen LogP contribution in [0.2, 0.25) is 5.02 Å². The van der Waals surface area contributed by atoms with Crippen LogP contribution in [0.1, 0.15) is 15.9 Å². The fourth-order valence-corrected chi connectivity index (χ4v) is 1.59. The molecule has 0 radical (unpaired) electrons. The van der Waals surface area contributed by atoms with E-state index in [0.29, 0.717) is 5.02 Å². The van der Waals surface area contributed by atoms with E-state index in [1.54, 1.807) is 24.3 Å². The molecule has 2 aromatic carbocycles. The summed E-state index contributed by atoms with van der Waals surface area (Å²) < 4.78 is 5.07. The second-order valence-electron chi connectivity index (χ2n) is 3.91. The number of halogens is 1. The minimum Gasteiger partial charge on any atom is -0.504 e. The first-order valence-electron chi connectivity index (χ1n) is 5.50. The Kier molecular flexibility index (Phi) is 3.92. The maximum atomic E-state index is 11.7. The van der Waals surface area contributed by atoms with Crippen LogP contribution < -0.4 is 0 Å². The number of benzene rings is 2. The standard InChI is InChI=1S/C14H11ClO4/c15-11-4-1-9(2-5-11)8-19-14(18)10-3-6-12(16)13(17)7-10/h1-7,16-17H,8H2. The van der Waals surface area contributed by atoms with Gasteiger partial charge >= 0.3 is 5.97 Å². The van der Waals surface area contributed by atoms with Gasteiger partial charge in [-0.15, -0.1) is 0 Å². The minimum atomic E-state index is -0.578. The van der Waals surface area contributed by atoms with E-state index in [-0.39, 0.29) is 23.7 Å². The number of carbonyl (C=O) groups is 1. The molecule has 0 amide bonds. The van der Waals surface area contributed by atoms with E-state index in [4.69, 9.17) is 21.4 Å². The van der Waals surface area contributed by atoms with Gasteiger partial charge in [-0.1, -0.05) is 23.7 Å². The van der Waals surface area contributed by atoms with Crippen LogP contribution >= 0.6 is 11.6 Å². The molecule has 4 nitrogen and oxygen atoms in total. The number of rotatable bonds is 3. The third-order valence-electron chi connectivity index (χ3n) is 2.49. The van der Waals surface area contributed by atoms with Gasteiger partial charge in [-0.25, -0.2) is 4.79 Å². The topological polar surface area (TPSA) is 66.8 Å². The highest BCUT2D eigenvalue weighted by Crippen LogP contribution is 2.25. The fraction of sp³-hybridized carbons (Fsp3) is 0.0714. The summed E-state index contributed by atoms with van der Waals surface area (Å²) in [6.45, 7) is 0.109. The normalized spacial score (nSPS) is 10.2. The zero-order chi connectivity index (χ0) is 13.8. The summed E-state index contributed by atoms with van der Waals surface area (Å²) in [5, 5.41) is 19.0. The maximum Gasteiger partial charge on any atom is 0.338 e. The van der Waals surface area contributed by atoms with E-state index >= 15 is 0 Å². The van der Waals surface area contributed by atoms with Gasteiger partial charge in [0.2, 0.25) is 0 Å². The summed E-state index contributed by atoms with van der Waals surface area (Å²) in [5.74, 6) is -1.22. The molecular weight excluding hydrogens is 268 g/mol. The monoisotopic (exact) mass is 278 g/mol. The summed E-state index contributed by atoms with van der Waals surface area (Å²) in [6.07, 6.45) is 0. The number of phenolic OH excluding ortho intramolecular Hbond substituents is 2. The predicted molar refractivity (Wildman–Crippen MR) is 70.3 cm³/mol. The van der Waals surface area contributed by atoms with Crippen LogP contribution in [0, 0.1) is 0 Å². The first-order valence-corrected chi connectivity index (χ1v) is 5.87. The van der Waals surface area contributed by atoms with Crippen LogP contribution in [0.4, 0.5) is 0 Å². The lowest BCUT2D eigenvalue weighted by Crippen LogP contribution is -2.04. The molecule has 0 bridgehead atoms. The zero-order valence-electron chi connectivity index (χ0n) is 9.84. The quantitative estimate of drug-likeness (QED) is 0.669. The summed E-state index contributed by atoms with van der Waals surface area (Å²) >= 11 is 5.74. The number of esters is 1. The van der Waals surface area contributed by atoms with Gasteiger partial charge in [0, 0.05) is 5.02 Å². The molecule has 0 aromatic heterocycles. The van der Waals surface area contributed by atoms with Gasteiger partial charge in [0.1, 0.15) is 6.61 Å². The summed E-state index contributed by atoms with van der Waals surface area (Å²) in [5.41, 5.74) is 0.977. The number of phenols is 2. The molecule has 0 aliphatic rings. The molecule has 2 aromatic rings. The van der Waals surface area contributed by atoms with Crippen molar-refractivity contribution in [2.24, 2.45) is 0 Å². The van der Waals surface area contributed by atoms with Crippen LogP contribution in [0.3, 0.4) is 0 Å². The Bertz CT molecular complexity index is 593. The third-order valence-corrected chi connectivity index (χ3v) is 2.75. The molecule has 0 fully saturated rings. The Morgan fingerprint density at radius 1 is 1.05 bits per heavy atom. The van der Waals surface area contributed by atoms with Crippen molar-refractivity contribution >= 4 is 17.6 Å². The van der Waals surface area contributed by atoms with Crippen LogP contribution in [0.5, 0.6) is 11.5 Å².